The number of nitrogens with zero attached hydrogens (tertiary/aromatic N) is 4. The molecule has 0 saturated carbocycles. The Kier molecular flexibility index (Phi) is 6.08. The van der Waals surface area contributed by atoms with Crippen LogP contribution in [0.1, 0.15) is 36.1 Å². The van der Waals surface area contributed by atoms with Crippen molar-refractivity contribution in [3.8, 4) is 6.07 Å². The number of ether oxygens (including phenoxy) is 1. The number of amides is 1. The van der Waals surface area contributed by atoms with E-state index in [2.05, 4.69) is 20.8 Å². The Bertz CT molecular complexity index is 686. The van der Waals surface area contributed by atoms with Crippen LogP contribution in [0, 0.1) is 11.3 Å². The third-order valence-corrected chi connectivity index (χ3v) is 7.01. The number of nitriles is 1. The maximum absolute atomic E-state index is 13.1. The van der Waals surface area contributed by atoms with Gasteiger partial charge in [0.2, 0.25) is 5.91 Å². The maximum atomic E-state index is 13.1. The molecule has 0 spiro atoms. The topological polar surface area (TPSA) is 59.8 Å². The van der Waals surface area contributed by atoms with Crippen molar-refractivity contribution >= 4 is 17.2 Å². The number of carbonyl (C=O) groups excluding carboxylic acids is 1. The van der Waals surface area contributed by atoms with E-state index in [4.69, 9.17) is 10.00 Å². The molecule has 3 aliphatic rings. The number of piperazine rings is 1. The molecule has 1 aromatic rings. The Morgan fingerprint density at radius 1 is 1.15 bits per heavy atom. The number of likely N-dealkylation sites (tertiary alicyclic amines) is 1. The highest BCUT2D eigenvalue weighted by molar-refractivity contribution is 7.10. The Labute approximate surface area is 165 Å². The van der Waals surface area contributed by atoms with Gasteiger partial charge in [-0.3, -0.25) is 14.6 Å². The summed E-state index contributed by atoms with van der Waals surface area (Å²) in [4.78, 5) is 21.4. The number of piperidine rings is 1. The number of thiophene rings is 1. The molecule has 0 bridgehead atoms. The predicted octanol–water partition coefficient (Wildman–Crippen LogP) is 1.91. The molecule has 1 atom stereocenters. The van der Waals surface area contributed by atoms with E-state index < -0.39 is 0 Å². The largest absolute Gasteiger partial charge is 0.381 e. The summed E-state index contributed by atoms with van der Waals surface area (Å²) < 4.78 is 5.47. The van der Waals surface area contributed by atoms with Gasteiger partial charge in [-0.2, -0.15) is 5.26 Å². The highest BCUT2D eigenvalue weighted by Gasteiger charge is 2.37. The Balaban J connectivity index is 1.30. The highest BCUT2D eigenvalue weighted by atomic mass is 32.1. The molecule has 0 N–H and O–H groups in total. The van der Waals surface area contributed by atoms with Crippen molar-refractivity contribution in [3.05, 3.63) is 21.9 Å². The molecule has 0 aromatic carbocycles. The van der Waals surface area contributed by atoms with E-state index >= 15 is 0 Å². The minimum absolute atomic E-state index is 0.0654. The fraction of sp³-hybridized carbons (Fsp3) is 0.700. The SMILES string of the molecule is N#Cc1csc(CN2CCN([C@@H]3CCCN(C4CCOCC4)C3=O)CC2)c1. The number of carbonyl (C=O) groups is 1. The van der Waals surface area contributed by atoms with Crippen LogP contribution in [0.4, 0.5) is 0 Å². The van der Waals surface area contributed by atoms with Crippen LogP contribution >= 0.6 is 11.3 Å². The van der Waals surface area contributed by atoms with Crippen molar-refractivity contribution in [1.82, 2.24) is 14.7 Å². The minimum atomic E-state index is 0.0654. The summed E-state index contributed by atoms with van der Waals surface area (Å²) in [6.07, 6.45) is 4.07. The molecule has 6 nitrogen and oxygen atoms in total. The first-order valence-corrected chi connectivity index (χ1v) is 10.9. The van der Waals surface area contributed by atoms with Gasteiger partial charge in [-0.15, -0.1) is 11.3 Å². The lowest BCUT2D eigenvalue weighted by Gasteiger charge is -2.45. The number of hydrogen-bond donors (Lipinski definition) is 0. The summed E-state index contributed by atoms with van der Waals surface area (Å²) in [5.74, 6) is 0.346. The van der Waals surface area contributed by atoms with Gasteiger partial charge in [0.1, 0.15) is 6.07 Å². The molecule has 0 unspecified atom stereocenters. The second-order valence-electron chi connectivity index (χ2n) is 7.76. The van der Waals surface area contributed by atoms with Crippen LogP contribution in [0.5, 0.6) is 0 Å². The normalized spacial score (nSPS) is 26.3. The van der Waals surface area contributed by atoms with E-state index in [-0.39, 0.29) is 6.04 Å². The van der Waals surface area contributed by atoms with Gasteiger partial charge < -0.3 is 9.64 Å². The van der Waals surface area contributed by atoms with Crippen molar-refractivity contribution in [2.75, 3.05) is 45.9 Å². The Hall–Kier alpha value is -1.46. The molecule has 3 fully saturated rings. The van der Waals surface area contributed by atoms with E-state index in [1.807, 2.05) is 11.4 Å². The van der Waals surface area contributed by atoms with Crippen LogP contribution in [-0.4, -0.2) is 78.6 Å². The van der Waals surface area contributed by atoms with E-state index in [0.29, 0.717) is 11.9 Å². The molecular weight excluding hydrogens is 360 g/mol. The molecule has 0 radical (unpaired) electrons. The smallest absolute Gasteiger partial charge is 0.240 e. The first kappa shape index (κ1) is 18.9. The lowest BCUT2D eigenvalue weighted by Crippen LogP contribution is -2.59. The molecule has 7 heteroatoms. The molecule has 4 heterocycles. The van der Waals surface area contributed by atoms with Crippen molar-refractivity contribution in [2.45, 2.75) is 44.3 Å². The van der Waals surface area contributed by atoms with Gasteiger partial charge in [-0.05, 0) is 31.7 Å². The minimum Gasteiger partial charge on any atom is -0.381 e. The van der Waals surface area contributed by atoms with Crippen LogP contribution in [0.3, 0.4) is 0 Å². The summed E-state index contributed by atoms with van der Waals surface area (Å²) in [5.41, 5.74) is 0.759. The van der Waals surface area contributed by atoms with Crippen LogP contribution < -0.4 is 0 Å². The van der Waals surface area contributed by atoms with Gasteiger partial charge in [0.05, 0.1) is 11.6 Å². The molecule has 0 aliphatic carbocycles. The second kappa shape index (κ2) is 8.70. The van der Waals surface area contributed by atoms with Crippen molar-refractivity contribution < 1.29 is 9.53 Å². The second-order valence-corrected chi connectivity index (χ2v) is 8.75. The van der Waals surface area contributed by atoms with Gasteiger partial charge in [0.25, 0.3) is 0 Å². The van der Waals surface area contributed by atoms with Crippen molar-refractivity contribution in [2.24, 2.45) is 0 Å². The fourth-order valence-electron chi connectivity index (χ4n) is 4.55. The van der Waals surface area contributed by atoms with Crippen molar-refractivity contribution in [1.29, 1.82) is 5.26 Å². The van der Waals surface area contributed by atoms with Gasteiger partial charge >= 0.3 is 0 Å². The summed E-state index contributed by atoms with van der Waals surface area (Å²) in [6, 6.07) is 4.64. The first-order valence-electron chi connectivity index (χ1n) is 10.1. The van der Waals surface area contributed by atoms with Gasteiger partial charge in [-0.1, -0.05) is 0 Å². The average Bonchev–Trinajstić information content (AvgIpc) is 3.17. The van der Waals surface area contributed by atoms with Gasteiger partial charge in [0.15, 0.2) is 0 Å². The molecule has 146 valence electrons. The molecule has 27 heavy (non-hydrogen) atoms. The van der Waals surface area contributed by atoms with Crippen LogP contribution in [0.25, 0.3) is 0 Å². The standard InChI is InChI=1S/C20H28N4O2S/c21-13-16-12-18(27-15-16)14-22-6-8-23(9-7-22)19-2-1-5-24(20(19)25)17-3-10-26-11-4-17/h12,15,17,19H,1-11,14H2/t19-/m1/s1. The van der Waals surface area contributed by atoms with E-state index in [1.54, 1.807) is 11.3 Å². The number of hydrogen-bond acceptors (Lipinski definition) is 6. The third kappa shape index (κ3) is 4.35. The van der Waals surface area contributed by atoms with Gasteiger partial charge in [-0.25, -0.2) is 0 Å². The zero-order valence-electron chi connectivity index (χ0n) is 15.8. The zero-order chi connectivity index (χ0) is 18.6. The number of rotatable bonds is 4. The van der Waals surface area contributed by atoms with Gasteiger partial charge in [0, 0.05) is 68.8 Å². The maximum Gasteiger partial charge on any atom is 0.240 e. The molecule has 3 saturated heterocycles. The monoisotopic (exact) mass is 388 g/mol. The Morgan fingerprint density at radius 2 is 1.93 bits per heavy atom. The molecule has 1 aromatic heterocycles. The highest BCUT2D eigenvalue weighted by Crippen LogP contribution is 2.25. The zero-order valence-corrected chi connectivity index (χ0v) is 16.6. The average molecular weight is 389 g/mol. The van der Waals surface area contributed by atoms with Crippen LogP contribution in [0.2, 0.25) is 0 Å². The molecule has 4 rings (SSSR count). The predicted molar refractivity (Wildman–Crippen MR) is 104 cm³/mol. The fourth-order valence-corrected chi connectivity index (χ4v) is 5.41. The lowest BCUT2D eigenvalue weighted by molar-refractivity contribution is -0.145. The molecular formula is C20H28N4O2S. The van der Waals surface area contributed by atoms with E-state index in [1.165, 1.54) is 4.88 Å². The molecule has 3 aliphatic heterocycles. The summed E-state index contributed by atoms with van der Waals surface area (Å²) >= 11 is 1.66. The summed E-state index contributed by atoms with van der Waals surface area (Å²) in [5, 5.41) is 10.9. The van der Waals surface area contributed by atoms with Crippen molar-refractivity contribution in [3.63, 3.8) is 0 Å². The van der Waals surface area contributed by atoms with E-state index in [9.17, 15) is 4.79 Å². The lowest BCUT2D eigenvalue weighted by atomic mass is 9.97. The quantitative estimate of drug-likeness (QED) is 0.789. The summed E-state index contributed by atoms with van der Waals surface area (Å²) in [6.45, 7) is 7.28. The van der Waals surface area contributed by atoms with Crippen LogP contribution in [-0.2, 0) is 16.1 Å². The van der Waals surface area contributed by atoms with E-state index in [0.717, 1.165) is 83.7 Å². The molecule has 1 amide bonds. The first-order chi connectivity index (χ1) is 13.2. The van der Waals surface area contributed by atoms with Crippen LogP contribution in [0.15, 0.2) is 11.4 Å². The summed E-state index contributed by atoms with van der Waals surface area (Å²) in [7, 11) is 0. The Morgan fingerprint density at radius 3 is 2.63 bits per heavy atom. The third-order valence-electron chi connectivity index (χ3n) is 6.09.